The molecule has 2 N–H and O–H groups in total. The summed E-state index contributed by atoms with van der Waals surface area (Å²) in [7, 11) is 1.69. The van der Waals surface area contributed by atoms with E-state index < -0.39 is 0 Å². The summed E-state index contributed by atoms with van der Waals surface area (Å²) in [4.78, 5) is 9.74. The Morgan fingerprint density at radius 1 is 1.36 bits per heavy atom. The smallest absolute Gasteiger partial charge is 0.191 e. The molecule has 0 bridgehead atoms. The molecular formula is C15H18BrFN4S. The summed E-state index contributed by atoms with van der Waals surface area (Å²) in [5.74, 6) is 0.381. The highest BCUT2D eigenvalue weighted by Gasteiger charge is 2.06. The number of aryl methyl sites for hydroxylation is 1. The first-order valence-corrected chi connectivity index (χ1v) is 8.55. The quantitative estimate of drug-likeness (QED) is 0.612. The Kier molecular flexibility index (Phi) is 6.33. The van der Waals surface area contributed by atoms with E-state index in [-0.39, 0.29) is 5.82 Å². The van der Waals surface area contributed by atoms with E-state index in [1.807, 2.05) is 6.20 Å². The minimum Gasteiger partial charge on any atom is -0.352 e. The van der Waals surface area contributed by atoms with Crippen molar-refractivity contribution < 1.29 is 4.39 Å². The van der Waals surface area contributed by atoms with Crippen LogP contribution in [0.15, 0.2) is 33.9 Å². The zero-order valence-electron chi connectivity index (χ0n) is 12.5. The van der Waals surface area contributed by atoms with Crippen molar-refractivity contribution in [1.82, 2.24) is 15.6 Å². The van der Waals surface area contributed by atoms with Crippen molar-refractivity contribution in [2.24, 2.45) is 4.99 Å². The second-order valence-corrected chi connectivity index (χ2v) is 6.70. The molecule has 0 radical (unpaired) electrons. The molecule has 2 aromatic rings. The molecular weight excluding hydrogens is 367 g/mol. The van der Waals surface area contributed by atoms with Crippen LogP contribution >= 0.6 is 27.3 Å². The molecule has 0 saturated carbocycles. The maximum Gasteiger partial charge on any atom is 0.191 e. The number of thiazole rings is 1. The van der Waals surface area contributed by atoms with Gasteiger partial charge < -0.3 is 10.6 Å². The molecule has 0 atom stereocenters. The molecule has 0 aliphatic heterocycles. The Balaban J connectivity index is 1.88. The highest BCUT2D eigenvalue weighted by atomic mass is 79.9. The van der Waals surface area contributed by atoms with Gasteiger partial charge in [0.1, 0.15) is 10.8 Å². The fraction of sp³-hybridized carbons (Fsp3) is 0.333. The minimum absolute atomic E-state index is 0.237. The third-order valence-electron chi connectivity index (χ3n) is 3.03. The second-order valence-electron chi connectivity index (χ2n) is 4.59. The molecule has 0 aliphatic carbocycles. The van der Waals surface area contributed by atoms with E-state index in [1.54, 1.807) is 30.5 Å². The summed E-state index contributed by atoms with van der Waals surface area (Å²) in [5, 5.41) is 7.29. The van der Waals surface area contributed by atoms with Crippen molar-refractivity contribution in [3.63, 3.8) is 0 Å². The summed E-state index contributed by atoms with van der Waals surface area (Å²) in [6.45, 7) is 3.08. The zero-order chi connectivity index (χ0) is 15.9. The number of aliphatic imine (C=N–C) groups is 1. The number of rotatable bonds is 5. The number of aromatic nitrogens is 1. The first-order valence-electron chi connectivity index (χ1n) is 6.94. The van der Waals surface area contributed by atoms with Crippen LogP contribution in [0.25, 0.3) is 0 Å². The molecule has 118 valence electrons. The van der Waals surface area contributed by atoms with Gasteiger partial charge in [0.05, 0.1) is 6.54 Å². The third kappa shape index (κ3) is 4.78. The van der Waals surface area contributed by atoms with Gasteiger partial charge in [-0.3, -0.25) is 4.99 Å². The van der Waals surface area contributed by atoms with E-state index in [2.05, 4.69) is 43.5 Å². The first-order chi connectivity index (χ1) is 10.6. The topological polar surface area (TPSA) is 49.3 Å². The number of halogens is 2. The minimum atomic E-state index is -0.237. The number of hydrogen-bond acceptors (Lipinski definition) is 3. The summed E-state index contributed by atoms with van der Waals surface area (Å²) >= 11 is 5.03. The van der Waals surface area contributed by atoms with Crippen molar-refractivity contribution in [3.8, 4) is 0 Å². The van der Waals surface area contributed by atoms with Crippen LogP contribution in [0.1, 0.15) is 22.4 Å². The van der Waals surface area contributed by atoms with Gasteiger partial charge in [-0.25, -0.2) is 9.37 Å². The summed E-state index contributed by atoms with van der Waals surface area (Å²) in [5.41, 5.74) is 0.583. The van der Waals surface area contributed by atoms with Crippen molar-refractivity contribution in [3.05, 3.63) is 50.1 Å². The summed E-state index contributed by atoms with van der Waals surface area (Å²) < 4.78 is 14.5. The van der Waals surface area contributed by atoms with Crippen molar-refractivity contribution in [2.45, 2.75) is 26.4 Å². The van der Waals surface area contributed by atoms with E-state index in [0.717, 1.165) is 15.9 Å². The van der Waals surface area contributed by atoms with Crippen LogP contribution in [0.2, 0.25) is 0 Å². The van der Waals surface area contributed by atoms with E-state index in [1.165, 1.54) is 10.9 Å². The molecule has 22 heavy (non-hydrogen) atoms. The predicted octanol–water partition coefficient (Wildman–Crippen LogP) is 3.47. The Hall–Kier alpha value is -1.47. The number of nitrogens with zero attached hydrogens (tertiary/aromatic N) is 2. The number of hydrogen-bond donors (Lipinski definition) is 2. The van der Waals surface area contributed by atoms with Crippen LogP contribution in [0.4, 0.5) is 4.39 Å². The van der Waals surface area contributed by atoms with Gasteiger partial charge in [-0.2, -0.15) is 0 Å². The molecule has 0 unspecified atom stereocenters. The Morgan fingerprint density at radius 3 is 2.82 bits per heavy atom. The summed E-state index contributed by atoms with van der Waals surface area (Å²) in [6.07, 6.45) is 2.89. The van der Waals surface area contributed by atoms with Crippen LogP contribution in [-0.2, 0) is 19.5 Å². The van der Waals surface area contributed by atoms with Gasteiger partial charge in [-0.15, -0.1) is 11.3 Å². The molecule has 1 heterocycles. The SMILES string of the molecule is CCc1cnc(CNC(=NC)NCc2cc(Br)ccc2F)s1. The highest BCUT2D eigenvalue weighted by Crippen LogP contribution is 2.15. The van der Waals surface area contributed by atoms with Gasteiger partial charge in [0, 0.05) is 34.7 Å². The van der Waals surface area contributed by atoms with E-state index in [9.17, 15) is 4.39 Å². The van der Waals surface area contributed by atoms with Crippen LogP contribution in [0.5, 0.6) is 0 Å². The average molecular weight is 385 g/mol. The van der Waals surface area contributed by atoms with Gasteiger partial charge in [0.2, 0.25) is 0 Å². The molecule has 2 rings (SSSR count). The fourth-order valence-corrected chi connectivity index (χ4v) is 3.04. The average Bonchev–Trinajstić information content (AvgIpc) is 2.98. The van der Waals surface area contributed by atoms with Gasteiger partial charge in [0.25, 0.3) is 0 Å². The number of benzene rings is 1. The largest absolute Gasteiger partial charge is 0.352 e. The summed E-state index contributed by atoms with van der Waals surface area (Å²) in [6, 6.07) is 4.88. The van der Waals surface area contributed by atoms with Gasteiger partial charge in [-0.05, 0) is 24.6 Å². The monoisotopic (exact) mass is 384 g/mol. The molecule has 7 heteroatoms. The Morgan fingerprint density at radius 2 is 2.14 bits per heavy atom. The standard InChI is InChI=1S/C15H18BrFN4S/c1-3-12-8-19-14(22-12)9-21-15(18-2)20-7-10-6-11(16)4-5-13(10)17/h4-6,8H,3,7,9H2,1-2H3,(H2,18,20,21). The number of nitrogens with one attached hydrogen (secondary N) is 2. The molecule has 4 nitrogen and oxygen atoms in total. The van der Waals surface area contributed by atoms with Crippen LogP contribution in [-0.4, -0.2) is 18.0 Å². The molecule has 0 fully saturated rings. The van der Waals surface area contributed by atoms with Crippen molar-refractivity contribution in [1.29, 1.82) is 0 Å². The normalized spacial score (nSPS) is 11.5. The maximum absolute atomic E-state index is 13.7. The van der Waals surface area contributed by atoms with E-state index >= 15 is 0 Å². The maximum atomic E-state index is 13.7. The highest BCUT2D eigenvalue weighted by molar-refractivity contribution is 9.10. The molecule has 0 aliphatic rings. The predicted molar refractivity (Wildman–Crippen MR) is 92.6 cm³/mol. The van der Waals surface area contributed by atoms with Crippen LogP contribution in [0.3, 0.4) is 0 Å². The lowest BCUT2D eigenvalue weighted by molar-refractivity contribution is 0.604. The lowest BCUT2D eigenvalue weighted by Gasteiger charge is -2.11. The van der Waals surface area contributed by atoms with Gasteiger partial charge >= 0.3 is 0 Å². The fourth-order valence-electron chi connectivity index (χ4n) is 1.83. The van der Waals surface area contributed by atoms with E-state index in [0.29, 0.717) is 24.6 Å². The Bertz CT molecular complexity index is 657. The van der Waals surface area contributed by atoms with Crippen LogP contribution in [0, 0.1) is 5.82 Å². The van der Waals surface area contributed by atoms with Crippen molar-refractivity contribution >= 4 is 33.2 Å². The molecule has 0 spiro atoms. The van der Waals surface area contributed by atoms with E-state index in [4.69, 9.17) is 0 Å². The molecule has 0 saturated heterocycles. The number of guanidine groups is 1. The zero-order valence-corrected chi connectivity index (χ0v) is 14.9. The first kappa shape index (κ1) is 16.9. The molecule has 1 aromatic heterocycles. The van der Waals surface area contributed by atoms with Gasteiger partial charge in [0.15, 0.2) is 5.96 Å². The van der Waals surface area contributed by atoms with Crippen molar-refractivity contribution in [2.75, 3.05) is 7.05 Å². The molecule has 1 aromatic carbocycles. The van der Waals surface area contributed by atoms with Gasteiger partial charge in [-0.1, -0.05) is 22.9 Å². The molecule has 0 amide bonds. The lowest BCUT2D eigenvalue weighted by atomic mass is 10.2. The lowest BCUT2D eigenvalue weighted by Crippen LogP contribution is -2.36. The third-order valence-corrected chi connectivity index (χ3v) is 4.67. The van der Waals surface area contributed by atoms with Crippen LogP contribution < -0.4 is 10.6 Å². The Labute approximate surface area is 142 Å². The second kappa shape index (κ2) is 8.24.